The number of hydrogen-bond acceptors (Lipinski definition) is 2. The molecule has 0 radical (unpaired) electrons. The molecule has 0 spiro atoms. The molecule has 0 saturated heterocycles. The molecular weight excluding hydrogens is 294 g/mol. The molecule has 0 atom stereocenters. The summed E-state index contributed by atoms with van der Waals surface area (Å²) in [6.45, 7) is 0.501. The predicted molar refractivity (Wildman–Crippen MR) is 93.3 cm³/mol. The molecule has 0 N–H and O–H groups in total. The van der Waals surface area contributed by atoms with Crippen molar-refractivity contribution >= 4 is 34.7 Å². The van der Waals surface area contributed by atoms with Gasteiger partial charge >= 0.3 is 0 Å². The Balaban J connectivity index is 1.86. The molecule has 1 heterocycles. The number of benzene rings is 2. The fraction of sp³-hybridized carbons (Fsp3) is 0.105. The van der Waals surface area contributed by atoms with Gasteiger partial charge in [0.25, 0.3) is 0 Å². The van der Waals surface area contributed by atoms with Crippen LogP contribution in [0.2, 0.25) is 0 Å². The van der Waals surface area contributed by atoms with Gasteiger partial charge in [-0.05, 0) is 30.4 Å². The van der Waals surface area contributed by atoms with Gasteiger partial charge in [0.05, 0.1) is 17.1 Å². The lowest BCUT2D eigenvalue weighted by molar-refractivity contribution is 0.342. The summed E-state index contributed by atoms with van der Waals surface area (Å²) in [4.78, 5) is 4.63. The second-order valence-corrected chi connectivity index (χ2v) is 5.22. The lowest BCUT2D eigenvalue weighted by Crippen LogP contribution is -1.99. The van der Waals surface area contributed by atoms with Crippen LogP contribution in [-0.2, 0) is 0 Å². The normalized spacial score (nSPS) is 11.1. The zero-order valence-electron chi connectivity index (χ0n) is 12.1. The van der Waals surface area contributed by atoms with Crippen LogP contribution in [0.15, 0.2) is 60.7 Å². The number of ether oxygens (including phenoxy) is 1. The van der Waals surface area contributed by atoms with E-state index in [1.165, 1.54) is 0 Å². The molecule has 0 saturated carbocycles. The molecule has 3 aromatic rings. The van der Waals surface area contributed by atoms with E-state index in [4.69, 9.17) is 16.3 Å². The maximum absolute atomic E-state index is 5.68. The summed E-state index contributed by atoms with van der Waals surface area (Å²) in [5, 5.41) is 1.14. The Morgan fingerprint density at radius 3 is 2.64 bits per heavy atom. The molecule has 0 unspecified atom stereocenters. The summed E-state index contributed by atoms with van der Waals surface area (Å²) < 4.78 is 5.64. The van der Waals surface area contributed by atoms with Crippen molar-refractivity contribution in [2.24, 2.45) is 0 Å². The van der Waals surface area contributed by atoms with Gasteiger partial charge in [0, 0.05) is 10.9 Å². The zero-order valence-corrected chi connectivity index (χ0v) is 12.8. The van der Waals surface area contributed by atoms with Crippen molar-refractivity contribution in [3.8, 4) is 5.75 Å². The van der Waals surface area contributed by atoms with Gasteiger partial charge in [-0.3, -0.25) is 0 Å². The molecule has 3 heteroatoms. The first-order chi connectivity index (χ1) is 10.9. The Bertz CT molecular complexity index is 798. The second-order valence-electron chi connectivity index (χ2n) is 4.84. The molecule has 0 aliphatic carbocycles. The summed E-state index contributed by atoms with van der Waals surface area (Å²) >= 11 is 5.68. The summed E-state index contributed by atoms with van der Waals surface area (Å²) in [6, 6.07) is 20.1. The Labute approximate surface area is 135 Å². The van der Waals surface area contributed by atoms with Crippen LogP contribution in [0.3, 0.4) is 0 Å². The van der Waals surface area contributed by atoms with Gasteiger partial charge < -0.3 is 4.74 Å². The minimum atomic E-state index is 0.476. The van der Waals surface area contributed by atoms with Gasteiger partial charge in [-0.15, -0.1) is 11.6 Å². The van der Waals surface area contributed by atoms with E-state index in [0.717, 1.165) is 27.9 Å². The largest absolute Gasteiger partial charge is 0.492 e. The third-order valence-corrected chi connectivity index (χ3v) is 3.46. The van der Waals surface area contributed by atoms with Crippen LogP contribution in [0.4, 0.5) is 0 Å². The van der Waals surface area contributed by atoms with E-state index in [9.17, 15) is 0 Å². The molecule has 2 aromatic carbocycles. The summed E-state index contributed by atoms with van der Waals surface area (Å²) in [6.07, 6.45) is 4.01. The van der Waals surface area contributed by atoms with Gasteiger partial charge in [-0.2, -0.15) is 0 Å². The van der Waals surface area contributed by atoms with E-state index in [1.54, 1.807) is 0 Å². The molecule has 2 nitrogen and oxygen atoms in total. The fourth-order valence-corrected chi connectivity index (χ4v) is 2.33. The highest BCUT2D eigenvalue weighted by Gasteiger charge is 2.00. The third-order valence-electron chi connectivity index (χ3n) is 3.31. The summed E-state index contributed by atoms with van der Waals surface area (Å²) in [5.41, 5.74) is 2.93. The maximum Gasteiger partial charge on any atom is 0.126 e. The van der Waals surface area contributed by atoms with Crippen LogP contribution in [-0.4, -0.2) is 17.5 Å². The zero-order chi connectivity index (χ0) is 15.2. The van der Waals surface area contributed by atoms with Crippen LogP contribution < -0.4 is 4.74 Å². The van der Waals surface area contributed by atoms with E-state index in [1.807, 2.05) is 60.7 Å². The lowest BCUT2D eigenvalue weighted by atomic mass is 10.1. The Kier molecular flexibility index (Phi) is 4.71. The van der Waals surface area contributed by atoms with Crippen LogP contribution >= 0.6 is 11.6 Å². The Morgan fingerprint density at radius 1 is 0.909 bits per heavy atom. The predicted octanol–water partition coefficient (Wildman–Crippen LogP) is 5.02. The first kappa shape index (κ1) is 14.6. The molecule has 22 heavy (non-hydrogen) atoms. The first-order valence-corrected chi connectivity index (χ1v) is 7.72. The second kappa shape index (κ2) is 7.10. The molecule has 0 amide bonds. The number of aromatic nitrogens is 1. The number of halogens is 1. The molecular formula is C19H16ClNO. The molecule has 3 rings (SSSR count). The average Bonchev–Trinajstić information content (AvgIpc) is 2.58. The van der Waals surface area contributed by atoms with Gasteiger partial charge in [0.2, 0.25) is 0 Å². The van der Waals surface area contributed by atoms with Crippen LogP contribution in [0.25, 0.3) is 23.1 Å². The molecule has 110 valence electrons. The van der Waals surface area contributed by atoms with Crippen molar-refractivity contribution in [3.63, 3.8) is 0 Å². The number of para-hydroxylation sites is 2. The number of pyridine rings is 1. The minimum Gasteiger partial charge on any atom is -0.492 e. The molecule has 0 bridgehead atoms. The van der Waals surface area contributed by atoms with Crippen molar-refractivity contribution in [2.45, 2.75) is 0 Å². The van der Waals surface area contributed by atoms with E-state index in [2.05, 4.69) is 17.1 Å². The number of nitrogens with zero attached hydrogens (tertiary/aromatic N) is 1. The molecule has 0 fully saturated rings. The Morgan fingerprint density at radius 2 is 1.73 bits per heavy atom. The van der Waals surface area contributed by atoms with Crippen molar-refractivity contribution in [1.82, 2.24) is 4.98 Å². The fourth-order valence-electron chi connectivity index (χ4n) is 2.25. The van der Waals surface area contributed by atoms with Crippen LogP contribution in [0.1, 0.15) is 11.3 Å². The molecule has 0 aliphatic rings. The number of fused-ring (bicyclic) bond motifs is 1. The first-order valence-electron chi connectivity index (χ1n) is 7.18. The highest BCUT2D eigenvalue weighted by Crippen LogP contribution is 2.21. The highest BCUT2D eigenvalue weighted by molar-refractivity contribution is 6.18. The van der Waals surface area contributed by atoms with E-state index in [0.29, 0.717) is 12.5 Å². The van der Waals surface area contributed by atoms with Crippen LogP contribution in [0.5, 0.6) is 5.75 Å². The van der Waals surface area contributed by atoms with Gasteiger partial charge in [-0.25, -0.2) is 4.98 Å². The van der Waals surface area contributed by atoms with E-state index >= 15 is 0 Å². The summed E-state index contributed by atoms with van der Waals surface area (Å²) in [7, 11) is 0. The monoisotopic (exact) mass is 309 g/mol. The van der Waals surface area contributed by atoms with Crippen molar-refractivity contribution in [1.29, 1.82) is 0 Å². The minimum absolute atomic E-state index is 0.476. The number of hydrogen-bond donors (Lipinski definition) is 0. The van der Waals surface area contributed by atoms with Crippen molar-refractivity contribution in [2.75, 3.05) is 12.5 Å². The quantitative estimate of drug-likeness (QED) is 0.617. The van der Waals surface area contributed by atoms with Gasteiger partial charge in [-0.1, -0.05) is 42.5 Å². The highest BCUT2D eigenvalue weighted by atomic mass is 35.5. The smallest absolute Gasteiger partial charge is 0.126 e. The average molecular weight is 310 g/mol. The SMILES string of the molecule is ClCCOc1ccccc1C=Cc1ccc2ccccc2n1. The molecule has 1 aromatic heterocycles. The third kappa shape index (κ3) is 3.46. The van der Waals surface area contributed by atoms with Gasteiger partial charge in [0.15, 0.2) is 0 Å². The number of rotatable bonds is 5. The Hall–Kier alpha value is -2.32. The van der Waals surface area contributed by atoms with Crippen molar-refractivity contribution < 1.29 is 4.74 Å². The summed E-state index contributed by atoms with van der Waals surface area (Å²) in [5.74, 6) is 1.31. The lowest BCUT2D eigenvalue weighted by Gasteiger charge is -2.07. The van der Waals surface area contributed by atoms with Crippen molar-refractivity contribution in [3.05, 3.63) is 71.9 Å². The van der Waals surface area contributed by atoms with Crippen LogP contribution in [0, 0.1) is 0 Å². The number of alkyl halides is 1. The standard InChI is InChI=1S/C19H16ClNO/c20-13-14-22-19-8-4-2-6-16(19)10-12-17-11-9-15-5-1-3-7-18(15)21-17/h1-12H,13-14H2. The molecule has 0 aliphatic heterocycles. The van der Waals surface area contributed by atoms with E-state index in [-0.39, 0.29) is 0 Å². The maximum atomic E-state index is 5.68. The van der Waals surface area contributed by atoms with E-state index < -0.39 is 0 Å². The van der Waals surface area contributed by atoms with Gasteiger partial charge in [0.1, 0.15) is 12.4 Å². The topological polar surface area (TPSA) is 22.1 Å².